The summed E-state index contributed by atoms with van der Waals surface area (Å²) in [6.45, 7) is 1.90. The molecule has 3 rings (SSSR count). The van der Waals surface area contributed by atoms with Crippen LogP contribution in [0.15, 0.2) is 42.5 Å². The van der Waals surface area contributed by atoms with Crippen LogP contribution >= 0.6 is 0 Å². The zero-order valence-electron chi connectivity index (χ0n) is 14.9. The van der Waals surface area contributed by atoms with Crippen LogP contribution in [-0.2, 0) is 16.0 Å². The van der Waals surface area contributed by atoms with E-state index in [1.165, 1.54) is 19.1 Å². The molecule has 0 aromatic heterocycles. The smallest absolute Gasteiger partial charge is 0.228 e. The standard InChI is InChI=1S/C20H22FNO5/c1-12(23)22-8-7-13-5-6-16(27-20-19(25)18(24)11-26-20)10-17(13)14-3-2-4-15(21)9-14/h2-6,9-10,18-20,24-25H,7-8,11H2,1H3,(H,22,23)/t18-,19-,20?/m1/s1. The lowest BCUT2D eigenvalue weighted by atomic mass is 9.97. The highest BCUT2D eigenvalue weighted by Crippen LogP contribution is 2.30. The number of carbonyl (C=O) groups is 1. The Kier molecular flexibility index (Phi) is 6.05. The summed E-state index contributed by atoms with van der Waals surface area (Å²) in [5.41, 5.74) is 2.34. The molecule has 0 bridgehead atoms. The molecule has 1 saturated heterocycles. The minimum absolute atomic E-state index is 0.00259. The van der Waals surface area contributed by atoms with Crippen LogP contribution in [0.25, 0.3) is 11.1 Å². The van der Waals surface area contributed by atoms with Gasteiger partial charge < -0.3 is 25.0 Å². The Bertz CT molecular complexity index is 813. The summed E-state index contributed by atoms with van der Waals surface area (Å²) < 4.78 is 24.6. The number of hydrogen-bond donors (Lipinski definition) is 3. The van der Waals surface area contributed by atoms with Crippen LogP contribution in [0.2, 0.25) is 0 Å². The Morgan fingerprint density at radius 2 is 2.11 bits per heavy atom. The fourth-order valence-corrected chi connectivity index (χ4v) is 2.95. The molecule has 0 saturated carbocycles. The topological polar surface area (TPSA) is 88.0 Å². The molecule has 3 atom stereocenters. The van der Waals surface area contributed by atoms with E-state index in [1.54, 1.807) is 24.3 Å². The quantitative estimate of drug-likeness (QED) is 0.714. The molecule has 0 radical (unpaired) electrons. The molecule has 2 aromatic rings. The molecule has 7 heteroatoms. The first kappa shape index (κ1) is 19.3. The average molecular weight is 375 g/mol. The summed E-state index contributed by atoms with van der Waals surface area (Å²) >= 11 is 0. The van der Waals surface area contributed by atoms with Gasteiger partial charge in [-0.15, -0.1) is 0 Å². The van der Waals surface area contributed by atoms with Gasteiger partial charge in [0.25, 0.3) is 0 Å². The molecule has 2 aromatic carbocycles. The van der Waals surface area contributed by atoms with Gasteiger partial charge in [-0.25, -0.2) is 4.39 Å². The van der Waals surface area contributed by atoms with Gasteiger partial charge >= 0.3 is 0 Å². The van der Waals surface area contributed by atoms with Gasteiger partial charge in [0.1, 0.15) is 23.8 Å². The van der Waals surface area contributed by atoms with Crippen LogP contribution < -0.4 is 10.1 Å². The number of rotatable bonds is 6. The van der Waals surface area contributed by atoms with Crippen LogP contribution in [0, 0.1) is 5.82 Å². The van der Waals surface area contributed by atoms with Crippen molar-refractivity contribution in [3.63, 3.8) is 0 Å². The van der Waals surface area contributed by atoms with Crippen molar-refractivity contribution < 1.29 is 28.9 Å². The summed E-state index contributed by atoms with van der Waals surface area (Å²) in [4.78, 5) is 11.1. The number of carbonyl (C=O) groups excluding carboxylic acids is 1. The number of hydrogen-bond acceptors (Lipinski definition) is 5. The molecule has 0 aliphatic carbocycles. The first-order chi connectivity index (χ1) is 12.9. The van der Waals surface area contributed by atoms with E-state index in [0.29, 0.717) is 24.3 Å². The summed E-state index contributed by atoms with van der Waals surface area (Å²) in [6, 6.07) is 11.5. The van der Waals surface area contributed by atoms with E-state index in [9.17, 15) is 19.4 Å². The number of aliphatic hydroxyl groups is 2. The third kappa shape index (κ3) is 4.82. The highest BCUT2D eigenvalue weighted by Gasteiger charge is 2.36. The first-order valence-electron chi connectivity index (χ1n) is 8.72. The second-order valence-electron chi connectivity index (χ2n) is 6.44. The predicted octanol–water partition coefficient (Wildman–Crippen LogP) is 1.63. The monoisotopic (exact) mass is 375 g/mol. The zero-order valence-corrected chi connectivity index (χ0v) is 14.9. The molecule has 1 heterocycles. The summed E-state index contributed by atoms with van der Waals surface area (Å²) in [6.07, 6.45) is -2.53. The highest BCUT2D eigenvalue weighted by molar-refractivity contribution is 5.73. The van der Waals surface area contributed by atoms with Crippen molar-refractivity contribution >= 4 is 5.91 Å². The van der Waals surface area contributed by atoms with E-state index < -0.39 is 18.5 Å². The minimum Gasteiger partial charge on any atom is -0.462 e. The molecule has 1 unspecified atom stereocenters. The SMILES string of the molecule is CC(=O)NCCc1ccc(OC2OC[C@@H](O)[C@H]2O)cc1-c1cccc(F)c1. The fraction of sp³-hybridized carbons (Fsp3) is 0.350. The van der Waals surface area contributed by atoms with E-state index in [-0.39, 0.29) is 18.3 Å². The third-order valence-electron chi connectivity index (χ3n) is 4.34. The highest BCUT2D eigenvalue weighted by atomic mass is 19.1. The number of aliphatic hydroxyl groups excluding tert-OH is 2. The molecule has 1 aliphatic rings. The van der Waals surface area contributed by atoms with E-state index in [1.807, 2.05) is 6.07 Å². The molecular formula is C20H22FNO5. The molecular weight excluding hydrogens is 353 g/mol. The van der Waals surface area contributed by atoms with E-state index in [4.69, 9.17) is 9.47 Å². The van der Waals surface area contributed by atoms with Gasteiger partial charge in [0, 0.05) is 13.5 Å². The van der Waals surface area contributed by atoms with Crippen LogP contribution in [-0.4, -0.2) is 47.8 Å². The van der Waals surface area contributed by atoms with Gasteiger partial charge in [-0.2, -0.15) is 0 Å². The maximum Gasteiger partial charge on any atom is 0.228 e. The Labute approximate surface area is 156 Å². The van der Waals surface area contributed by atoms with Crippen LogP contribution in [0.3, 0.4) is 0 Å². The van der Waals surface area contributed by atoms with Gasteiger partial charge in [-0.3, -0.25) is 4.79 Å². The van der Waals surface area contributed by atoms with Crippen molar-refractivity contribution in [1.29, 1.82) is 0 Å². The largest absolute Gasteiger partial charge is 0.462 e. The van der Waals surface area contributed by atoms with Crippen molar-refractivity contribution in [2.75, 3.05) is 13.2 Å². The van der Waals surface area contributed by atoms with Crippen LogP contribution in [0.5, 0.6) is 5.75 Å². The number of halogens is 1. The molecule has 1 aliphatic heterocycles. The molecule has 1 amide bonds. The maximum absolute atomic E-state index is 13.7. The Hall–Kier alpha value is -2.48. The van der Waals surface area contributed by atoms with Gasteiger partial charge in [-0.05, 0) is 47.4 Å². The fourth-order valence-electron chi connectivity index (χ4n) is 2.95. The predicted molar refractivity (Wildman–Crippen MR) is 96.6 cm³/mol. The molecule has 6 nitrogen and oxygen atoms in total. The molecule has 27 heavy (non-hydrogen) atoms. The van der Waals surface area contributed by atoms with E-state index in [2.05, 4.69) is 5.32 Å². The second-order valence-corrected chi connectivity index (χ2v) is 6.44. The Morgan fingerprint density at radius 3 is 2.78 bits per heavy atom. The van der Waals surface area contributed by atoms with Gasteiger partial charge in [0.2, 0.25) is 12.2 Å². The number of ether oxygens (including phenoxy) is 2. The Morgan fingerprint density at radius 1 is 1.30 bits per heavy atom. The molecule has 1 fully saturated rings. The Balaban J connectivity index is 1.86. The van der Waals surface area contributed by atoms with Crippen molar-refractivity contribution in [2.45, 2.75) is 31.8 Å². The first-order valence-corrected chi connectivity index (χ1v) is 8.72. The van der Waals surface area contributed by atoms with Crippen molar-refractivity contribution in [2.24, 2.45) is 0 Å². The average Bonchev–Trinajstić information content (AvgIpc) is 2.94. The van der Waals surface area contributed by atoms with Gasteiger partial charge in [-0.1, -0.05) is 18.2 Å². The molecule has 144 valence electrons. The normalized spacial score (nSPS) is 21.9. The second kappa shape index (κ2) is 8.47. The van der Waals surface area contributed by atoms with E-state index in [0.717, 1.165) is 11.1 Å². The van der Waals surface area contributed by atoms with Gasteiger partial charge in [0.15, 0.2) is 0 Å². The zero-order chi connectivity index (χ0) is 19.4. The van der Waals surface area contributed by atoms with E-state index >= 15 is 0 Å². The number of benzene rings is 2. The third-order valence-corrected chi connectivity index (χ3v) is 4.34. The van der Waals surface area contributed by atoms with Crippen LogP contribution in [0.1, 0.15) is 12.5 Å². The van der Waals surface area contributed by atoms with Crippen molar-refractivity contribution in [3.8, 4) is 16.9 Å². The molecule has 0 spiro atoms. The van der Waals surface area contributed by atoms with Crippen molar-refractivity contribution in [3.05, 3.63) is 53.8 Å². The summed E-state index contributed by atoms with van der Waals surface area (Å²) in [5.74, 6) is -0.0480. The minimum atomic E-state index is -1.14. The van der Waals surface area contributed by atoms with Crippen LogP contribution in [0.4, 0.5) is 4.39 Å². The van der Waals surface area contributed by atoms with Gasteiger partial charge in [0.05, 0.1) is 6.61 Å². The lowest BCUT2D eigenvalue weighted by Crippen LogP contribution is -2.33. The number of nitrogens with one attached hydrogen (secondary N) is 1. The summed E-state index contributed by atoms with van der Waals surface area (Å²) in [7, 11) is 0. The lowest BCUT2D eigenvalue weighted by molar-refractivity contribution is -0.118. The maximum atomic E-state index is 13.7. The molecule has 3 N–H and O–H groups in total. The van der Waals surface area contributed by atoms with Crippen molar-refractivity contribution in [1.82, 2.24) is 5.32 Å². The number of amides is 1. The summed E-state index contributed by atoms with van der Waals surface area (Å²) in [5, 5.41) is 22.2. The lowest BCUT2D eigenvalue weighted by Gasteiger charge is -2.19.